The van der Waals surface area contributed by atoms with Crippen LogP contribution in [0.15, 0.2) is 30.5 Å². The lowest BCUT2D eigenvalue weighted by atomic mass is 10.2. The van der Waals surface area contributed by atoms with Gasteiger partial charge in [-0.2, -0.15) is 4.98 Å². The summed E-state index contributed by atoms with van der Waals surface area (Å²) in [6.45, 7) is 7.67. The van der Waals surface area contributed by atoms with Gasteiger partial charge in [0.05, 0.1) is 7.11 Å². The summed E-state index contributed by atoms with van der Waals surface area (Å²) in [5.41, 5.74) is 0.749. The molecule has 0 atom stereocenters. The maximum Gasteiger partial charge on any atom is 0.230 e. The second kappa shape index (κ2) is 8.93. The molecule has 1 heterocycles. The van der Waals surface area contributed by atoms with E-state index < -0.39 is 0 Å². The van der Waals surface area contributed by atoms with Gasteiger partial charge in [-0.25, -0.2) is 4.98 Å². The van der Waals surface area contributed by atoms with Crippen LogP contribution in [-0.2, 0) is 0 Å². The first-order valence-electron chi connectivity index (χ1n) is 7.98. The first-order chi connectivity index (χ1) is 11.7. The molecular weight excluding hydrogens is 308 g/mol. The molecule has 0 saturated heterocycles. The van der Waals surface area contributed by atoms with Crippen molar-refractivity contribution in [3.8, 4) is 17.4 Å². The minimum absolute atomic E-state index is 0.0864. The molecule has 0 fully saturated rings. The number of hydrogen-bond donors (Lipinski definition) is 2. The van der Waals surface area contributed by atoms with Crippen LogP contribution in [0.1, 0.15) is 13.8 Å². The molecule has 0 amide bonds. The number of ether oxygens (including phenoxy) is 2. The van der Waals surface area contributed by atoms with Gasteiger partial charge in [-0.05, 0) is 25.2 Å². The SMILES string of the molecule is CCN(CC)CCOc1cc(Nc2nccc(O)n2)ccc1OC. The molecule has 0 aliphatic carbocycles. The van der Waals surface area contributed by atoms with E-state index in [-0.39, 0.29) is 5.88 Å². The van der Waals surface area contributed by atoms with Crippen molar-refractivity contribution in [2.75, 3.05) is 38.7 Å². The normalized spacial score (nSPS) is 10.7. The van der Waals surface area contributed by atoms with E-state index in [0.717, 1.165) is 25.3 Å². The number of likely N-dealkylation sites (N-methyl/N-ethyl adjacent to an activating group) is 1. The van der Waals surface area contributed by atoms with Crippen molar-refractivity contribution < 1.29 is 14.6 Å². The molecule has 0 bridgehead atoms. The van der Waals surface area contributed by atoms with Crippen molar-refractivity contribution in [3.63, 3.8) is 0 Å². The Kier molecular flexibility index (Phi) is 6.62. The van der Waals surface area contributed by atoms with Crippen LogP contribution >= 0.6 is 0 Å². The fourth-order valence-electron chi connectivity index (χ4n) is 2.23. The van der Waals surface area contributed by atoms with Crippen LogP contribution < -0.4 is 14.8 Å². The van der Waals surface area contributed by atoms with Gasteiger partial charge in [0.1, 0.15) is 6.61 Å². The van der Waals surface area contributed by atoms with Crippen LogP contribution in [0.4, 0.5) is 11.6 Å². The van der Waals surface area contributed by atoms with Crippen molar-refractivity contribution in [2.24, 2.45) is 0 Å². The molecule has 0 aliphatic rings. The van der Waals surface area contributed by atoms with Crippen molar-refractivity contribution in [1.29, 1.82) is 0 Å². The topological polar surface area (TPSA) is 79.7 Å². The third-order valence-corrected chi connectivity index (χ3v) is 3.62. The number of anilines is 2. The van der Waals surface area contributed by atoms with E-state index in [1.165, 1.54) is 12.3 Å². The second-order valence-electron chi connectivity index (χ2n) is 5.10. The lowest BCUT2D eigenvalue weighted by molar-refractivity contribution is 0.217. The Morgan fingerprint density at radius 1 is 1.17 bits per heavy atom. The van der Waals surface area contributed by atoms with Crippen molar-refractivity contribution in [3.05, 3.63) is 30.5 Å². The number of rotatable bonds is 9. The van der Waals surface area contributed by atoms with E-state index >= 15 is 0 Å². The van der Waals surface area contributed by atoms with E-state index in [4.69, 9.17) is 9.47 Å². The number of benzene rings is 1. The monoisotopic (exact) mass is 332 g/mol. The Bertz CT molecular complexity index is 647. The maximum atomic E-state index is 9.40. The molecule has 0 unspecified atom stereocenters. The van der Waals surface area contributed by atoms with Gasteiger partial charge in [0.2, 0.25) is 11.8 Å². The maximum absolute atomic E-state index is 9.40. The molecule has 1 aromatic carbocycles. The van der Waals surface area contributed by atoms with Gasteiger partial charge in [0.15, 0.2) is 11.5 Å². The van der Waals surface area contributed by atoms with E-state index in [1.54, 1.807) is 7.11 Å². The molecule has 2 N–H and O–H groups in total. The van der Waals surface area contributed by atoms with Gasteiger partial charge in [-0.3, -0.25) is 0 Å². The van der Waals surface area contributed by atoms with Gasteiger partial charge in [-0.15, -0.1) is 0 Å². The lowest BCUT2D eigenvalue weighted by Crippen LogP contribution is -2.27. The highest BCUT2D eigenvalue weighted by atomic mass is 16.5. The van der Waals surface area contributed by atoms with Crippen molar-refractivity contribution in [2.45, 2.75) is 13.8 Å². The summed E-state index contributed by atoms with van der Waals surface area (Å²) in [5.74, 6) is 1.54. The fraction of sp³-hybridized carbons (Fsp3) is 0.412. The van der Waals surface area contributed by atoms with E-state index in [1.807, 2.05) is 18.2 Å². The molecular formula is C17H24N4O3. The van der Waals surface area contributed by atoms with Gasteiger partial charge < -0.3 is 24.8 Å². The number of aromatic hydroxyl groups is 1. The number of nitrogens with zero attached hydrogens (tertiary/aromatic N) is 3. The highest BCUT2D eigenvalue weighted by molar-refractivity contribution is 5.59. The van der Waals surface area contributed by atoms with Gasteiger partial charge in [-0.1, -0.05) is 13.8 Å². The Balaban J connectivity index is 2.06. The number of aromatic nitrogens is 2. The Hall–Kier alpha value is -2.54. The highest BCUT2D eigenvalue weighted by Crippen LogP contribution is 2.31. The smallest absolute Gasteiger partial charge is 0.230 e. The van der Waals surface area contributed by atoms with Gasteiger partial charge >= 0.3 is 0 Å². The average molecular weight is 332 g/mol. The summed E-state index contributed by atoms with van der Waals surface area (Å²) in [7, 11) is 1.61. The van der Waals surface area contributed by atoms with Crippen LogP contribution in [0, 0.1) is 0 Å². The largest absolute Gasteiger partial charge is 0.493 e. The number of nitrogens with one attached hydrogen (secondary N) is 1. The first-order valence-corrected chi connectivity index (χ1v) is 7.98. The molecule has 2 aromatic rings. The van der Waals surface area contributed by atoms with Gasteiger partial charge in [0, 0.05) is 30.6 Å². The summed E-state index contributed by atoms with van der Waals surface area (Å²) < 4.78 is 11.2. The Labute approximate surface area is 142 Å². The second-order valence-corrected chi connectivity index (χ2v) is 5.10. The molecule has 0 aliphatic heterocycles. The molecule has 2 rings (SSSR count). The zero-order valence-electron chi connectivity index (χ0n) is 14.3. The quantitative estimate of drug-likeness (QED) is 0.730. The lowest BCUT2D eigenvalue weighted by Gasteiger charge is -2.19. The minimum atomic E-state index is -0.0864. The molecule has 7 heteroatoms. The molecule has 0 spiro atoms. The van der Waals surface area contributed by atoms with Crippen molar-refractivity contribution >= 4 is 11.6 Å². The predicted molar refractivity (Wildman–Crippen MR) is 93.3 cm³/mol. The molecule has 1 aromatic heterocycles. The predicted octanol–water partition coefficient (Wildman–Crippen LogP) is 2.66. The van der Waals surface area contributed by atoms with Crippen LogP contribution in [0.2, 0.25) is 0 Å². The summed E-state index contributed by atoms with van der Waals surface area (Å²) >= 11 is 0. The van der Waals surface area contributed by atoms with E-state index in [9.17, 15) is 5.11 Å². The van der Waals surface area contributed by atoms with E-state index in [0.29, 0.717) is 24.1 Å². The van der Waals surface area contributed by atoms with Gasteiger partial charge in [0.25, 0.3) is 0 Å². The third kappa shape index (κ3) is 4.99. The summed E-state index contributed by atoms with van der Waals surface area (Å²) in [5, 5.41) is 12.4. The standard InChI is InChI=1S/C17H24N4O3/c1-4-21(5-2)10-11-24-15-12-13(6-7-14(15)23-3)19-17-18-9-8-16(22)20-17/h6-9,12H,4-5,10-11H2,1-3H3,(H2,18,19,20,22). The van der Waals surface area contributed by atoms with E-state index in [2.05, 4.69) is 34.0 Å². The summed E-state index contributed by atoms with van der Waals surface area (Å²) in [6, 6.07) is 6.90. The van der Waals surface area contributed by atoms with Crippen molar-refractivity contribution in [1.82, 2.24) is 14.9 Å². The van der Waals surface area contributed by atoms with Crippen LogP contribution in [0.25, 0.3) is 0 Å². The summed E-state index contributed by atoms with van der Waals surface area (Å²) in [4.78, 5) is 10.2. The zero-order valence-corrected chi connectivity index (χ0v) is 14.3. The first kappa shape index (κ1) is 17.8. The number of methoxy groups -OCH3 is 1. The minimum Gasteiger partial charge on any atom is -0.493 e. The Morgan fingerprint density at radius 2 is 1.96 bits per heavy atom. The van der Waals surface area contributed by atoms with Crippen LogP contribution in [0.3, 0.4) is 0 Å². The average Bonchev–Trinajstić information content (AvgIpc) is 2.59. The summed E-state index contributed by atoms with van der Waals surface area (Å²) in [6.07, 6.45) is 1.48. The third-order valence-electron chi connectivity index (χ3n) is 3.62. The zero-order chi connectivity index (χ0) is 17.4. The van der Waals surface area contributed by atoms with Crippen LogP contribution in [0.5, 0.6) is 17.4 Å². The molecule has 0 saturated carbocycles. The van der Waals surface area contributed by atoms with Crippen LogP contribution in [-0.4, -0.2) is 53.3 Å². The molecule has 24 heavy (non-hydrogen) atoms. The Morgan fingerprint density at radius 3 is 2.62 bits per heavy atom. The molecule has 130 valence electrons. The fourth-order valence-corrected chi connectivity index (χ4v) is 2.23. The molecule has 0 radical (unpaired) electrons. The number of hydrogen-bond acceptors (Lipinski definition) is 7. The molecule has 7 nitrogen and oxygen atoms in total. The highest BCUT2D eigenvalue weighted by Gasteiger charge is 2.08.